The molecule has 3 heteroatoms. The molecule has 0 radical (unpaired) electrons. The minimum atomic E-state index is -0.368. The van der Waals surface area contributed by atoms with Crippen molar-refractivity contribution >= 4 is 16.7 Å². The summed E-state index contributed by atoms with van der Waals surface area (Å²) in [6.07, 6.45) is 6.25. The SMILES string of the molecule is C=C(C)C(=O)OCCC(CCO)c1ccc(-c2ccc(-c3ccc4cc(CCCCC)ccc4c3)cc2)cc1. The van der Waals surface area contributed by atoms with Gasteiger partial charge in [-0.1, -0.05) is 105 Å². The normalized spacial score (nSPS) is 11.9. The van der Waals surface area contributed by atoms with Crippen molar-refractivity contribution in [2.45, 2.75) is 58.3 Å². The van der Waals surface area contributed by atoms with E-state index >= 15 is 0 Å². The van der Waals surface area contributed by atoms with Crippen LogP contribution in [-0.2, 0) is 16.0 Å². The van der Waals surface area contributed by atoms with E-state index in [4.69, 9.17) is 4.74 Å². The third-order valence-electron chi connectivity index (χ3n) is 7.43. The first-order chi connectivity index (χ1) is 19.0. The molecular formula is C36H40O3. The zero-order chi connectivity index (χ0) is 27.6. The molecule has 0 aliphatic carbocycles. The van der Waals surface area contributed by atoms with Crippen LogP contribution >= 0.6 is 0 Å². The lowest BCUT2D eigenvalue weighted by molar-refractivity contribution is -0.139. The van der Waals surface area contributed by atoms with E-state index in [-0.39, 0.29) is 18.5 Å². The van der Waals surface area contributed by atoms with Gasteiger partial charge in [-0.05, 0) is 88.7 Å². The van der Waals surface area contributed by atoms with Crippen LogP contribution in [0.5, 0.6) is 0 Å². The van der Waals surface area contributed by atoms with Gasteiger partial charge in [0.05, 0.1) is 6.61 Å². The third kappa shape index (κ3) is 7.68. The number of aliphatic hydroxyl groups is 1. The molecule has 0 aliphatic heterocycles. The molecule has 3 nitrogen and oxygen atoms in total. The van der Waals surface area contributed by atoms with Gasteiger partial charge in [-0.15, -0.1) is 0 Å². The molecule has 0 amide bonds. The van der Waals surface area contributed by atoms with Crippen LogP contribution in [-0.4, -0.2) is 24.3 Å². The zero-order valence-electron chi connectivity index (χ0n) is 23.3. The smallest absolute Gasteiger partial charge is 0.333 e. The van der Waals surface area contributed by atoms with Crippen molar-refractivity contribution in [2.75, 3.05) is 13.2 Å². The summed E-state index contributed by atoms with van der Waals surface area (Å²) in [5.74, 6) is -0.239. The van der Waals surface area contributed by atoms with E-state index in [0.717, 1.165) is 23.1 Å². The molecule has 0 spiro atoms. The van der Waals surface area contributed by atoms with Gasteiger partial charge in [0, 0.05) is 12.2 Å². The molecule has 0 fully saturated rings. The molecule has 4 aromatic carbocycles. The number of esters is 1. The number of unbranched alkanes of at least 4 members (excludes halogenated alkanes) is 2. The molecule has 1 atom stereocenters. The average molecular weight is 521 g/mol. The Labute approximate surface area is 233 Å². The molecular weight excluding hydrogens is 480 g/mol. The van der Waals surface area contributed by atoms with Gasteiger partial charge in [-0.25, -0.2) is 4.79 Å². The lowest BCUT2D eigenvalue weighted by atomic mass is 9.91. The Balaban J connectivity index is 1.43. The number of carbonyl (C=O) groups is 1. The molecule has 0 saturated carbocycles. The lowest BCUT2D eigenvalue weighted by Crippen LogP contribution is -2.10. The number of aryl methyl sites for hydroxylation is 1. The third-order valence-corrected chi connectivity index (χ3v) is 7.43. The Morgan fingerprint density at radius 3 is 2.03 bits per heavy atom. The van der Waals surface area contributed by atoms with Gasteiger partial charge in [0.1, 0.15) is 0 Å². The number of carbonyl (C=O) groups excluding carboxylic acids is 1. The van der Waals surface area contributed by atoms with E-state index in [2.05, 4.69) is 98.4 Å². The zero-order valence-corrected chi connectivity index (χ0v) is 23.3. The maximum absolute atomic E-state index is 11.7. The predicted molar refractivity (Wildman–Crippen MR) is 163 cm³/mol. The Morgan fingerprint density at radius 1 is 0.795 bits per heavy atom. The molecule has 1 N–H and O–H groups in total. The predicted octanol–water partition coefficient (Wildman–Crippen LogP) is 8.88. The van der Waals surface area contributed by atoms with Crippen molar-refractivity contribution in [1.82, 2.24) is 0 Å². The molecule has 202 valence electrons. The van der Waals surface area contributed by atoms with Gasteiger partial charge in [0.2, 0.25) is 0 Å². The second kappa shape index (κ2) is 13.9. The van der Waals surface area contributed by atoms with E-state index in [1.165, 1.54) is 46.7 Å². The lowest BCUT2D eigenvalue weighted by Gasteiger charge is -2.17. The second-order valence-electron chi connectivity index (χ2n) is 10.5. The molecule has 4 rings (SSSR count). The monoisotopic (exact) mass is 520 g/mol. The van der Waals surface area contributed by atoms with Crippen LogP contribution in [0.25, 0.3) is 33.0 Å². The van der Waals surface area contributed by atoms with Crippen molar-refractivity contribution in [3.05, 3.63) is 108 Å². The molecule has 0 aromatic heterocycles. The highest BCUT2D eigenvalue weighted by Gasteiger charge is 2.13. The van der Waals surface area contributed by atoms with Crippen LogP contribution < -0.4 is 0 Å². The van der Waals surface area contributed by atoms with Crippen LogP contribution in [0, 0.1) is 0 Å². The summed E-state index contributed by atoms with van der Waals surface area (Å²) < 4.78 is 5.27. The summed E-state index contributed by atoms with van der Waals surface area (Å²) >= 11 is 0. The first-order valence-corrected chi connectivity index (χ1v) is 14.2. The van der Waals surface area contributed by atoms with E-state index in [1.54, 1.807) is 6.92 Å². The number of aliphatic hydroxyl groups excluding tert-OH is 1. The largest absolute Gasteiger partial charge is 0.462 e. The van der Waals surface area contributed by atoms with Crippen molar-refractivity contribution in [3.8, 4) is 22.3 Å². The van der Waals surface area contributed by atoms with Gasteiger partial charge < -0.3 is 9.84 Å². The van der Waals surface area contributed by atoms with Crippen LogP contribution in [0.3, 0.4) is 0 Å². The number of benzene rings is 4. The van der Waals surface area contributed by atoms with Gasteiger partial charge in [0.25, 0.3) is 0 Å². The van der Waals surface area contributed by atoms with E-state index < -0.39 is 0 Å². The summed E-state index contributed by atoms with van der Waals surface area (Å²) in [7, 11) is 0. The highest BCUT2D eigenvalue weighted by Crippen LogP contribution is 2.30. The van der Waals surface area contributed by atoms with Gasteiger partial charge in [0.15, 0.2) is 0 Å². The highest BCUT2D eigenvalue weighted by atomic mass is 16.5. The minimum Gasteiger partial charge on any atom is -0.462 e. The standard InChI is InChI=1S/C36H40O3/c1-4-5-6-7-27-8-9-35-25-34(19-18-33(35)24-27)31-16-14-29(15-17-31)28-10-12-30(13-11-28)32(20-22-37)21-23-39-36(38)26(2)3/h8-19,24-25,32,37H,2,4-7,20-23H2,1,3H3. The van der Waals surface area contributed by atoms with E-state index in [0.29, 0.717) is 25.0 Å². The van der Waals surface area contributed by atoms with Gasteiger partial charge in [-0.3, -0.25) is 0 Å². The van der Waals surface area contributed by atoms with Crippen LogP contribution in [0.15, 0.2) is 97.1 Å². The van der Waals surface area contributed by atoms with Crippen molar-refractivity contribution in [3.63, 3.8) is 0 Å². The van der Waals surface area contributed by atoms with Gasteiger partial charge >= 0.3 is 5.97 Å². The fourth-order valence-electron chi connectivity index (χ4n) is 5.06. The average Bonchev–Trinajstić information content (AvgIpc) is 2.96. The number of fused-ring (bicyclic) bond motifs is 1. The first kappa shape index (κ1) is 28.3. The quantitative estimate of drug-likeness (QED) is 0.109. The maximum Gasteiger partial charge on any atom is 0.333 e. The molecule has 0 bridgehead atoms. The molecule has 0 aliphatic rings. The number of ether oxygens (including phenoxy) is 1. The first-order valence-electron chi connectivity index (χ1n) is 14.2. The molecule has 4 aromatic rings. The number of hydrogen-bond donors (Lipinski definition) is 1. The Hall–Kier alpha value is -3.69. The fourth-order valence-corrected chi connectivity index (χ4v) is 5.06. The molecule has 0 saturated heterocycles. The van der Waals surface area contributed by atoms with Crippen molar-refractivity contribution < 1.29 is 14.6 Å². The van der Waals surface area contributed by atoms with Crippen LogP contribution in [0.2, 0.25) is 0 Å². The second-order valence-corrected chi connectivity index (χ2v) is 10.5. The van der Waals surface area contributed by atoms with Crippen LogP contribution in [0.4, 0.5) is 0 Å². The Kier molecular flexibility index (Phi) is 10.1. The Bertz CT molecular complexity index is 1380. The highest BCUT2D eigenvalue weighted by molar-refractivity contribution is 5.88. The molecule has 39 heavy (non-hydrogen) atoms. The fraction of sp³-hybridized carbons (Fsp3) is 0.306. The molecule has 1 unspecified atom stereocenters. The van der Waals surface area contributed by atoms with Gasteiger partial charge in [-0.2, -0.15) is 0 Å². The van der Waals surface area contributed by atoms with Crippen molar-refractivity contribution in [2.24, 2.45) is 0 Å². The van der Waals surface area contributed by atoms with Crippen molar-refractivity contribution in [1.29, 1.82) is 0 Å². The van der Waals surface area contributed by atoms with E-state index in [1.807, 2.05) is 0 Å². The summed E-state index contributed by atoms with van der Waals surface area (Å²) in [5.41, 5.74) is 7.71. The summed E-state index contributed by atoms with van der Waals surface area (Å²) in [4.78, 5) is 11.7. The molecule has 0 heterocycles. The van der Waals surface area contributed by atoms with Crippen LogP contribution in [0.1, 0.15) is 63.0 Å². The summed E-state index contributed by atoms with van der Waals surface area (Å²) in [5, 5.41) is 12.1. The topological polar surface area (TPSA) is 46.5 Å². The maximum atomic E-state index is 11.7. The van der Waals surface area contributed by atoms with E-state index in [9.17, 15) is 9.90 Å². The summed E-state index contributed by atoms with van der Waals surface area (Å²) in [6, 6.07) is 30.8. The summed E-state index contributed by atoms with van der Waals surface area (Å²) in [6.45, 7) is 7.92. The Morgan fingerprint density at radius 2 is 1.38 bits per heavy atom. The minimum absolute atomic E-state index is 0.0945. The number of rotatable bonds is 13. The number of hydrogen-bond acceptors (Lipinski definition) is 3.